The maximum absolute atomic E-state index is 5.38. The van der Waals surface area contributed by atoms with Crippen LogP contribution >= 0.6 is 0 Å². The van der Waals surface area contributed by atoms with Crippen molar-refractivity contribution in [1.82, 2.24) is 4.98 Å². The molecule has 0 amide bonds. The lowest BCUT2D eigenvalue weighted by Gasteiger charge is -1.88. The van der Waals surface area contributed by atoms with Crippen LogP contribution in [0.5, 0.6) is 0 Å². The van der Waals surface area contributed by atoms with Crippen molar-refractivity contribution >= 4 is 0 Å². The highest BCUT2D eigenvalue weighted by Crippen LogP contribution is 2.07. The average molecular weight is 247 g/mol. The van der Waals surface area contributed by atoms with Crippen LogP contribution in [0, 0.1) is 0 Å². The van der Waals surface area contributed by atoms with Gasteiger partial charge in [0.15, 0.2) is 0 Å². The first-order valence-electron chi connectivity index (χ1n) is 6.97. The van der Waals surface area contributed by atoms with Crippen molar-refractivity contribution in [2.45, 2.75) is 53.4 Å². The van der Waals surface area contributed by atoms with E-state index in [9.17, 15) is 0 Å². The molecular formula is C16H25NO. The SMILES string of the molecule is CCc1ccc(CC)[nH]1.CCc1ccc(CC)o1. The zero-order valence-corrected chi connectivity index (χ0v) is 12.0. The highest BCUT2D eigenvalue weighted by Gasteiger charge is 1.95. The molecule has 0 fully saturated rings. The van der Waals surface area contributed by atoms with Crippen LogP contribution in [-0.4, -0.2) is 4.98 Å². The fourth-order valence-electron chi connectivity index (χ4n) is 1.71. The third kappa shape index (κ3) is 4.44. The van der Waals surface area contributed by atoms with Crippen LogP contribution in [-0.2, 0) is 25.7 Å². The summed E-state index contributed by atoms with van der Waals surface area (Å²) in [6.45, 7) is 8.51. The van der Waals surface area contributed by atoms with Crippen LogP contribution in [0.25, 0.3) is 0 Å². The Morgan fingerprint density at radius 2 is 1.17 bits per heavy atom. The Kier molecular flexibility index (Phi) is 6.34. The first-order chi connectivity index (χ1) is 8.73. The van der Waals surface area contributed by atoms with Gasteiger partial charge in [0.05, 0.1) is 0 Å². The summed E-state index contributed by atoms with van der Waals surface area (Å²) in [5.41, 5.74) is 2.68. The fourth-order valence-corrected chi connectivity index (χ4v) is 1.71. The van der Waals surface area contributed by atoms with Gasteiger partial charge in [-0.1, -0.05) is 27.7 Å². The van der Waals surface area contributed by atoms with E-state index in [1.807, 2.05) is 12.1 Å². The topological polar surface area (TPSA) is 28.9 Å². The molecule has 0 bridgehead atoms. The summed E-state index contributed by atoms with van der Waals surface area (Å²) < 4.78 is 5.38. The summed E-state index contributed by atoms with van der Waals surface area (Å²) in [5, 5.41) is 0. The van der Waals surface area contributed by atoms with Gasteiger partial charge in [-0.25, -0.2) is 0 Å². The summed E-state index contributed by atoms with van der Waals surface area (Å²) in [4.78, 5) is 3.31. The van der Waals surface area contributed by atoms with Gasteiger partial charge in [-0.05, 0) is 37.1 Å². The van der Waals surface area contributed by atoms with Crippen LogP contribution in [0.1, 0.15) is 50.6 Å². The Balaban J connectivity index is 0.000000180. The summed E-state index contributed by atoms with van der Waals surface area (Å²) in [6, 6.07) is 8.38. The minimum Gasteiger partial charge on any atom is -0.466 e. The Hall–Kier alpha value is -1.44. The number of H-pyrrole nitrogens is 1. The maximum Gasteiger partial charge on any atom is 0.103 e. The van der Waals surface area contributed by atoms with Gasteiger partial charge in [-0.15, -0.1) is 0 Å². The second-order valence-corrected chi connectivity index (χ2v) is 4.29. The number of aryl methyl sites for hydroxylation is 4. The number of aromatic amines is 1. The third-order valence-electron chi connectivity index (χ3n) is 2.98. The molecule has 0 atom stereocenters. The highest BCUT2D eigenvalue weighted by atomic mass is 16.3. The molecular weight excluding hydrogens is 222 g/mol. The largest absolute Gasteiger partial charge is 0.466 e. The predicted octanol–water partition coefficient (Wildman–Crippen LogP) is 4.54. The van der Waals surface area contributed by atoms with E-state index in [1.165, 1.54) is 11.4 Å². The van der Waals surface area contributed by atoms with E-state index in [4.69, 9.17) is 4.42 Å². The molecule has 2 nitrogen and oxygen atoms in total. The second-order valence-electron chi connectivity index (χ2n) is 4.29. The number of nitrogens with one attached hydrogen (secondary N) is 1. The number of rotatable bonds is 4. The molecule has 2 aromatic heterocycles. The first kappa shape index (κ1) is 14.6. The van der Waals surface area contributed by atoms with E-state index in [0.717, 1.165) is 37.2 Å². The van der Waals surface area contributed by atoms with Crippen molar-refractivity contribution in [2.75, 3.05) is 0 Å². The molecule has 0 aliphatic rings. The lowest BCUT2D eigenvalue weighted by atomic mass is 10.3. The zero-order chi connectivity index (χ0) is 13.4. The lowest BCUT2D eigenvalue weighted by molar-refractivity contribution is 0.474. The highest BCUT2D eigenvalue weighted by molar-refractivity contribution is 5.12. The normalized spacial score (nSPS) is 10.0. The Morgan fingerprint density at radius 3 is 1.39 bits per heavy atom. The molecule has 0 aromatic carbocycles. The maximum atomic E-state index is 5.38. The van der Waals surface area contributed by atoms with Gasteiger partial charge >= 0.3 is 0 Å². The van der Waals surface area contributed by atoms with Gasteiger partial charge in [0.25, 0.3) is 0 Å². The van der Waals surface area contributed by atoms with Gasteiger partial charge in [0, 0.05) is 24.2 Å². The summed E-state index contributed by atoms with van der Waals surface area (Å²) in [7, 11) is 0. The van der Waals surface area contributed by atoms with Crippen LogP contribution in [0.2, 0.25) is 0 Å². The van der Waals surface area contributed by atoms with Gasteiger partial charge in [0.2, 0.25) is 0 Å². The molecule has 2 heterocycles. The molecule has 100 valence electrons. The number of furan rings is 1. The number of aromatic nitrogens is 1. The zero-order valence-electron chi connectivity index (χ0n) is 12.0. The van der Waals surface area contributed by atoms with E-state index in [-0.39, 0.29) is 0 Å². The van der Waals surface area contributed by atoms with E-state index in [2.05, 4.69) is 44.8 Å². The van der Waals surface area contributed by atoms with Gasteiger partial charge in [-0.2, -0.15) is 0 Å². The number of hydrogen-bond acceptors (Lipinski definition) is 1. The molecule has 0 spiro atoms. The van der Waals surface area contributed by atoms with Gasteiger partial charge < -0.3 is 9.40 Å². The van der Waals surface area contributed by atoms with Crippen LogP contribution in [0.15, 0.2) is 28.7 Å². The molecule has 1 N–H and O–H groups in total. The third-order valence-corrected chi connectivity index (χ3v) is 2.98. The standard InChI is InChI=1S/C8H13N.C8H12O/c2*1-3-7-5-6-8(4-2)9-7/h5-6,9H,3-4H2,1-2H3;5-6H,3-4H2,1-2H3. The van der Waals surface area contributed by atoms with E-state index >= 15 is 0 Å². The van der Waals surface area contributed by atoms with E-state index in [0.29, 0.717) is 0 Å². The monoisotopic (exact) mass is 247 g/mol. The Morgan fingerprint density at radius 1 is 0.722 bits per heavy atom. The number of hydrogen-bond donors (Lipinski definition) is 1. The molecule has 0 saturated heterocycles. The molecule has 0 aliphatic heterocycles. The van der Waals surface area contributed by atoms with Gasteiger partial charge in [0.1, 0.15) is 11.5 Å². The van der Waals surface area contributed by atoms with Crippen molar-refractivity contribution < 1.29 is 4.42 Å². The van der Waals surface area contributed by atoms with Crippen LogP contribution in [0.3, 0.4) is 0 Å². The Bertz CT molecular complexity index is 360. The smallest absolute Gasteiger partial charge is 0.103 e. The van der Waals surface area contributed by atoms with E-state index in [1.54, 1.807) is 0 Å². The second kappa shape index (κ2) is 7.80. The van der Waals surface area contributed by atoms with Crippen molar-refractivity contribution in [3.63, 3.8) is 0 Å². The van der Waals surface area contributed by atoms with Crippen molar-refractivity contribution in [1.29, 1.82) is 0 Å². The lowest BCUT2D eigenvalue weighted by Crippen LogP contribution is -1.81. The summed E-state index contributed by atoms with van der Waals surface area (Å²) in [5.74, 6) is 2.18. The summed E-state index contributed by atoms with van der Waals surface area (Å²) in [6.07, 6.45) is 4.22. The quantitative estimate of drug-likeness (QED) is 0.844. The Labute approximate surface area is 110 Å². The molecule has 2 heteroatoms. The van der Waals surface area contributed by atoms with Crippen LogP contribution in [0.4, 0.5) is 0 Å². The molecule has 0 unspecified atom stereocenters. The molecule has 2 rings (SSSR count). The fraction of sp³-hybridized carbons (Fsp3) is 0.500. The van der Waals surface area contributed by atoms with E-state index < -0.39 is 0 Å². The van der Waals surface area contributed by atoms with Gasteiger partial charge in [-0.3, -0.25) is 0 Å². The predicted molar refractivity (Wildman–Crippen MR) is 77.0 cm³/mol. The molecule has 0 saturated carbocycles. The molecule has 0 radical (unpaired) electrons. The van der Waals surface area contributed by atoms with Crippen molar-refractivity contribution in [3.8, 4) is 0 Å². The molecule has 18 heavy (non-hydrogen) atoms. The summed E-state index contributed by atoms with van der Waals surface area (Å²) >= 11 is 0. The average Bonchev–Trinajstić information content (AvgIpc) is 3.07. The minimum absolute atomic E-state index is 1.00. The minimum atomic E-state index is 1.00. The molecule has 2 aromatic rings. The first-order valence-corrected chi connectivity index (χ1v) is 6.97. The van der Waals surface area contributed by atoms with Crippen molar-refractivity contribution in [2.24, 2.45) is 0 Å². The molecule has 0 aliphatic carbocycles. The van der Waals surface area contributed by atoms with Crippen molar-refractivity contribution in [3.05, 3.63) is 47.2 Å². The van der Waals surface area contributed by atoms with Crippen LogP contribution < -0.4 is 0 Å².